The van der Waals surface area contributed by atoms with Crippen molar-refractivity contribution < 1.29 is 4.84 Å². The van der Waals surface area contributed by atoms with E-state index in [4.69, 9.17) is 4.84 Å². The van der Waals surface area contributed by atoms with E-state index < -0.39 is 0 Å². The molecule has 0 N–H and O–H groups in total. The predicted molar refractivity (Wildman–Crippen MR) is 40.1 cm³/mol. The first-order valence-electron chi connectivity index (χ1n) is 3.08. The lowest BCUT2D eigenvalue weighted by Gasteiger charge is -2.06. The molecule has 1 aliphatic heterocycles. The minimum absolute atomic E-state index is 0.904. The fourth-order valence-electron chi connectivity index (χ4n) is 0.901. The van der Waals surface area contributed by atoms with Gasteiger partial charge in [0, 0.05) is 11.7 Å². The summed E-state index contributed by atoms with van der Waals surface area (Å²) in [4.78, 5) is 8.83. The van der Waals surface area contributed by atoms with E-state index >= 15 is 0 Å². The molecule has 0 saturated carbocycles. The van der Waals surface area contributed by atoms with E-state index in [-0.39, 0.29) is 0 Å². The second-order valence-electron chi connectivity index (χ2n) is 2.08. The third kappa shape index (κ3) is 0.910. The highest BCUT2D eigenvalue weighted by Gasteiger charge is 2.04. The molecule has 10 heavy (non-hydrogen) atoms. The molecule has 0 atom stereocenters. The molecule has 2 nitrogen and oxygen atoms in total. The van der Waals surface area contributed by atoms with E-state index in [2.05, 4.69) is 11.0 Å². The Bertz CT molecular complexity index is 245. The quantitative estimate of drug-likeness (QED) is 0.522. The fourth-order valence-corrected chi connectivity index (χ4v) is 1.52. The van der Waals surface area contributed by atoms with Crippen LogP contribution in [0.5, 0.6) is 5.75 Å². The molecule has 1 aliphatic rings. The minimum atomic E-state index is 0.904. The average molecular weight is 151 g/mol. The molecule has 0 bridgehead atoms. The summed E-state index contributed by atoms with van der Waals surface area (Å²) >= 11 is 0. The Hall–Kier alpha value is -0.880. The van der Waals surface area contributed by atoms with Gasteiger partial charge in [0.15, 0.2) is 5.75 Å². The summed E-state index contributed by atoms with van der Waals surface area (Å²) in [6, 6.07) is 7.98. The van der Waals surface area contributed by atoms with Crippen molar-refractivity contribution in [2.75, 3.05) is 0 Å². The molecule has 0 spiro atoms. The van der Waals surface area contributed by atoms with Crippen LogP contribution in [0.2, 0.25) is 0 Å². The van der Waals surface area contributed by atoms with Crippen molar-refractivity contribution >= 4 is 8.37 Å². The first-order chi connectivity index (χ1) is 4.97. The molecule has 3 heteroatoms. The molecule has 0 unspecified atom stereocenters. The van der Waals surface area contributed by atoms with Crippen molar-refractivity contribution in [2.45, 2.75) is 6.16 Å². The summed E-state index contributed by atoms with van der Waals surface area (Å²) in [5.74, 6) is 0.904. The third-order valence-electron chi connectivity index (χ3n) is 1.41. The van der Waals surface area contributed by atoms with Crippen LogP contribution in [0.1, 0.15) is 5.56 Å². The zero-order chi connectivity index (χ0) is 6.81. The van der Waals surface area contributed by atoms with Crippen LogP contribution in [0.15, 0.2) is 29.2 Å². The molecule has 0 fully saturated rings. The smallest absolute Gasteiger partial charge is 0.162 e. The number of fused-ring (bicyclic) bond motifs is 1. The van der Waals surface area contributed by atoms with E-state index in [0.29, 0.717) is 0 Å². The standard InChI is InChI=1S/C7H6NOP/c1-2-4-7-6(3-1)5-10-8-9-7/h1-4H,5H2. The zero-order valence-corrected chi connectivity index (χ0v) is 6.21. The molecule has 2 rings (SSSR count). The Labute approximate surface area is 60.7 Å². The Morgan fingerprint density at radius 2 is 2.30 bits per heavy atom. The van der Waals surface area contributed by atoms with Crippen LogP contribution in [0.3, 0.4) is 0 Å². The third-order valence-corrected chi connectivity index (χ3v) is 2.09. The van der Waals surface area contributed by atoms with Gasteiger partial charge in [0.25, 0.3) is 0 Å². The van der Waals surface area contributed by atoms with Crippen molar-refractivity contribution in [3.63, 3.8) is 0 Å². The number of hydrogen-bond acceptors (Lipinski definition) is 2. The summed E-state index contributed by atoms with van der Waals surface area (Å²) in [5, 5.41) is 0. The van der Waals surface area contributed by atoms with Crippen LogP contribution in [0.25, 0.3) is 0 Å². The van der Waals surface area contributed by atoms with Crippen LogP contribution in [0.4, 0.5) is 0 Å². The van der Waals surface area contributed by atoms with Gasteiger partial charge in [-0.05, 0) is 6.07 Å². The van der Waals surface area contributed by atoms with Crippen LogP contribution >= 0.6 is 8.37 Å². The topological polar surface area (TPSA) is 21.6 Å². The van der Waals surface area contributed by atoms with Gasteiger partial charge in [-0.1, -0.05) is 23.1 Å². The lowest BCUT2D eigenvalue weighted by molar-refractivity contribution is 0.343. The molecule has 0 amide bonds. The molecule has 50 valence electrons. The van der Waals surface area contributed by atoms with Crippen LogP contribution in [-0.2, 0) is 6.16 Å². The molecule has 0 radical (unpaired) electrons. The van der Waals surface area contributed by atoms with Crippen LogP contribution in [0, 0.1) is 0 Å². The van der Waals surface area contributed by atoms with Gasteiger partial charge in [-0.3, -0.25) is 0 Å². The minimum Gasteiger partial charge on any atom is -0.353 e. The van der Waals surface area contributed by atoms with Gasteiger partial charge in [0.1, 0.15) is 0 Å². The summed E-state index contributed by atoms with van der Waals surface area (Å²) in [7, 11) is 1.01. The molecule has 0 aromatic heterocycles. The Kier molecular flexibility index (Phi) is 1.40. The van der Waals surface area contributed by atoms with Gasteiger partial charge in [0.05, 0.1) is 8.37 Å². The largest absolute Gasteiger partial charge is 0.353 e. The van der Waals surface area contributed by atoms with Gasteiger partial charge in [0.2, 0.25) is 0 Å². The Balaban J connectivity index is 2.47. The molecular formula is C7H6NOP. The Morgan fingerprint density at radius 1 is 1.40 bits per heavy atom. The maximum atomic E-state index is 5.04. The molecule has 1 heterocycles. The molecular weight excluding hydrogens is 145 g/mol. The van der Waals surface area contributed by atoms with Gasteiger partial charge in [-0.15, -0.1) is 0 Å². The average Bonchev–Trinajstić information content (AvgIpc) is 2.05. The summed E-state index contributed by atoms with van der Waals surface area (Å²) in [6.07, 6.45) is 0.982. The highest BCUT2D eigenvalue weighted by atomic mass is 31.1. The SMILES string of the molecule is c1ccc2c(c1)CP=NO2. The number of rotatable bonds is 0. The molecule has 0 aliphatic carbocycles. The van der Waals surface area contributed by atoms with E-state index in [1.807, 2.05) is 18.2 Å². The second-order valence-corrected chi connectivity index (χ2v) is 2.84. The van der Waals surface area contributed by atoms with Crippen molar-refractivity contribution in [3.05, 3.63) is 29.8 Å². The van der Waals surface area contributed by atoms with Crippen molar-refractivity contribution in [3.8, 4) is 5.75 Å². The van der Waals surface area contributed by atoms with E-state index in [1.165, 1.54) is 5.56 Å². The second kappa shape index (κ2) is 2.39. The number of benzene rings is 1. The maximum Gasteiger partial charge on any atom is 0.162 e. The van der Waals surface area contributed by atoms with E-state index in [0.717, 1.165) is 20.3 Å². The van der Waals surface area contributed by atoms with Crippen molar-refractivity contribution in [1.29, 1.82) is 0 Å². The van der Waals surface area contributed by atoms with E-state index in [1.54, 1.807) is 0 Å². The predicted octanol–water partition coefficient (Wildman–Crippen LogP) is 2.62. The van der Waals surface area contributed by atoms with Gasteiger partial charge >= 0.3 is 0 Å². The Morgan fingerprint density at radius 3 is 3.20 bits per heavy atom. The summed E-state index contributed by atoms with van der Waals surface area (Å²) < 4.78 is 0. The van der Waals surface area contributed by atoms with Crippen LogP contribution < -0.4 is 4.84 Å². The number of hydrogen-bond donors (Lipinski definition) is 0. The normalized spacial score (nSPS) is 15.6. The first kappa shape index (κ1) is 5.87. The van der Waals surface area contributed by atoms with Crippen molar-refractivity contribution in [2.24, 2.45) is 4.91 Å². The first-order valence-corrected chi connectivity index (χ1v) is 4.12. The lowest BCUT2D eigenvalue weighted by Crippen LogP contribution is -1.90. The van der Waals surface area contributed by atoms with Crippen molar-refractivity contribution in [1.82, 2.24) is 0 Å². The van der Waals surface area contributed by atoms with Gasteiger partial charge in [-0.2, -0.15) is 0 Å². The molecule has 1 aromatic carbocycles. The van der Waals surface area contributed by atoms with E-state index in [9.17, 15) is 0 Å². The number of para-hydroxylation sites is 1. The van der Waals surface area contributed by atoms with Gasteiger partial charge < -0.3 is 4.84 Å². The lowest BCUT2D eigenvalue weighted by atomic mass is 10.2. The monoisotopic (exact) mass is 151 g/mol. The molecule has 0 saturated heterocycles. The summed E-state index contributed by atoms with van der Waals surface area (Å²) in [6.45, 7) is 0. The van der Waals surface area contributed by atoms with Crippen LogP contribution in [-0.4, -0.2) is 0 Å². The fraction of sp³-hybridized carbons (Fsp3) is 0.143. The highest BCUT2D eigenvalue weighted by molar-refractivity contribution is 7.25. The highest BCUT2D eigenvalue weighted by Crippen LogP contribution is 2.28. The number of nitrogens with zero attached hydrogens (tertiary/aromatic N) is 1. The maximum absolute atomic E-state index is 5.04. The summed E-state index contributed by atoms with van der Waals surface area (Å²) in [5.41, 5.74) is 1.25. The zero-order valence-electron chi connectivity index (χ0n) is 5.32. The van der Waals surface area contributed by atoms with Gasteiger partial charge in [-0.25, -0.2) is 0 Å². The molecule has 1 aromatic rings.